The largest absolute Gasteiger partial charge is 0.451 e. The van der Waals surface area contributed by atoms with Crippen molar-refractivity contribution in [3.63, 3.8) is 0 Å². The van der Waals surface area contributed by atoms with Crippen molar-refractivity contribution in [1.29, 1.82) is 0 Å². The minimum absolute atomic E-state index is 0.00557. The number of ether oxygens (including phenoxy) is 1. The van der Waals surface area contributed by atoms with Crippen LogP contribution in [-0.4, -0.2) is 16.9 Å². The topological polar surface area (TPSA) is 26.3 Å². The molecular formula is C6H10Cl2O2. The van der Waals surface area contributed by atoms with Crippen molar-refractivity contribution < 1.29 is 9.53 Å². The van der Waals surface area contributed by atoms with Crippen molar-refractivity contribution in [1.82, 2.24) is 0 Å². The third-order valence-corrected chi connectivity index (χ3v) is 1.22. The SMILES string of the molecule is CC(Cl)CC(C)OC(=O)Cl. The number of hydrogen-bond acceptors (Lipinski definition) is 2. The van der Waals surface area contributed by atoms with Gasteiger partial charge in [0.05, 0.1) is 0 Å². The van der Waals surface area contributed by atoms with Gasteiger partial charge in [-0.15, -0.1) is 11.6 Å². The highest BCUT2D eigenvalue weighted by molar-refractivity contribution is 6.61. The van der Waals surface area contributed by atoms with Gasteiger partial charge in [-0.3, -0.25) is 0 Å². The Bertz CT molecular complexity index is 114. The van der Waals surface area contributed by atoms with Crippen molar-refractivity contribution in [3.8, 4) is 0 Å². The lowest BCUT2D eigenvalue weighted by Gasteiger charge is -2.10. The molecule has 0 aromatic heterocycles. The minimum Gasteiger partial charge on any atom is -0.451 e. The van der Waals surface area contributed by atoms with Crippen LogP contribution in [0.1, 0.15) is 20.3 Å². The number of carbonyl (C=O) groups is 1. The van der Waals surface area contributed by atoms with Crippen LogP contribution in [0.5, 0.6) is 0 Å². The molecule has 0 aromatic rings. The number of rotatable bonds is 3. The van der Waals surface area contributed by atoms with Gasteiger partial charge in [-0.25, -0.2) is 4.79 Å². The van der Waals surface area contributed by atoms with Crippen LogP contribution in [0.2, 0.25) is 0 Å². The first-order valence-electron chi connectivity index (χ1n) is 3.02. The normalized spacial score (nSPS) is 16.0. The maximum atomic E-state index is 10.1. The second-order valence-electron chi connectivity index (χ2n) is 2.18. The number of carbonyl (C=O) groups excluding carboxylic acids is 1. The van der Waals surface area contributed by atoms with Crippen LogP contribution in [-0.2, 0) is 4.74 Å². The highest BCUT2D eigenvalue weighted by Gasteiger charge is 2.09. The third-order valence-electron chi connectivity index (χ3n) is 0.951. The minimum atomic E-state index is -0.773. The Morgan fingerprint density at radius 2 is 2.10 bits per heavy atom. The molecule has 0 saturated heterocycles. The van der Waals surface area contributed by atoms with Crippen LogP contribution in [0.15, 0.2) is 0 Å². The molecule has 0 spiro atoms. The standard InChI is InChI=1S/C6H10Cl2O2/c1-4(7)3-5(2)10-6(8)9/h4-5H,3H2,1-2H3. The van der Waals surface area contributed by atoms with Gasteiger partial charge in [0.1, 0.15) is 6.10 Å². The van der Waals surface area contributed by atoms with Gasteiger partial charge >= 0.3 is 5.43 Å². The van der Waals surface area contributed by atoms with Crippen LogP contribution >= 0.6 is 23.2 Å². The molecule has 0 aliphatic heterocycles. The van der Waals surface area contributed by atoms with Crippen molar-refractivity contribution in [2.45, 2.75) is 31.7 Å². The van der Waals surface area contributed by atoms with Crippen LogP contribution in [0, 0.1) is 0 Å². The van der Waals surface area contributed by atoms with Gasteiger partial charge in [0.25, 0.3) is 0 Å². The molecule has 0 aromatic carbocycles. The monoisotopic (exact) mass is 184 g/mol. The summed E-state index contributed by atoms with van der Waals surface area (Å²) >= 11 is 10.6. The molecule has 0 fully saturated rings. The summed E-state index contributed by atoms with van der Waals surface area (Å²) < 4.78 is 4.60. The van der Waals surface area contributed by atoms with Gasteiger partial charge in [-0.1, -0.05) is 0 Å². The molecule has 0 amide bonds. The zero-order chi connectivity index (χ0) is 8.15. The van der Waals surface area contributed by atoms with Crippen molar-refractivity contribution in [2.24, 2.45) is 0 Å². The quantitative estimate of drug-likeness (QED) is 0.499. The van der Waals surface area contributed by atoms with E-state index in [0.717, 1.165) is 0 Å². The maximum absolute atomic E-state index is 10.1. The molecule has 4 heteroatoms. The highest BCUT2D eigenvalue weighted by Crippen LogP contribution is 2.08. The molecule has 0 heterocycles. The smallest absolute Gasteiger partial charge is 0.404 e. The lowest BCUT2D eigenvalue weighted by molar-refractivity contribution is 0.126. The average Bonchev–Trinajstić information content (AvgIpc) is 1.58. The molecular weight excluding hydrogens is 175 g/mol. The zero-order valence-electron chi connectivity index (χ0n) is 5.93. The van der Waals surface area contributed by atoms with E-state index in [1.165, 1.54) is 0 Å². The summed E-state index contributed by atoms with van der Waals surface area (Å²) in [6.45, 7) is 3.58. The Balaban J connectivity index is 3.43. The fourth-order valence-corrected chi connectivity index (χ4v) is 1.07. The van der Waals surface area contributed by atoms with Gasteiger partial charge in [0.2, 0.25) is 0 Å². The third kappa shape index (κ3) is 6.17. The van der Waals surface area contributed by atoms with Gasteiger partial charge in [0.15, 0.2) is 0 Å². The van der Waals surface area contributed by atoms with E-state index in [9.17, 15) is 4.79 Å². The summed E-state index contributed by atoms with van der Waals surface area (Å²) in [5, 5.41) is 0.00557. The van der Waals surface area contributed by atoms with Gasteiger partial charge in [0, 0.05) is 23.4 Å². The zero-order valence-corrected chi connectivity index (χ0v) is 7.45. The second-order valence-corrected chi connectivity index (χ2v) is 3.24. The Hall–Kier alpha value is 0.0500. The Morgan fingerprint density at radius 3 is 2.40 bits per heavy atom. The summed E-state index contributed by atoms with van der Waals surface area (Å²) in [5.41, 5.74) is -0.773. The van der Waals surface area contributed by atoms with Crippen LogP contribution in [0.4, 0.5) is 4.79 Å². The molecule has 0 rings (SSSR count). The van der Waals surface area contributed by atoms with E-state index >= 15 is 0 Å². The fourth-order valence-electron chi connectivity index (χ4n) is 0.664. The Labute approximate surface area is 70.4 Å². The first kappa shape index (κ1) is 10.0. The molecule has 0 saturated carbocycles. The summed E-state index contributed by atoms with van der Waals surface area (Å²) in [5.74, 6) is 0. The number of alkyl halides is 1. The lowest BCUT2D eigenvalue weighted by atomic mass is 10.2. The second kappa shape index (κ2) is 4.80. The van der Waals surface area contributed by atoms with Crippen molar-refractivity contribution in [3.05, 3.63) is 0 Å². The summed E-state index contributed by atoms with van der Waals surface area (Å²) in [6, 6.07) is 0. The summed E-state index contributed by atoms with van der Waals surface area (Å²) in [4.78, 5) is 10.1. The Morgan fingerprint density at radius 1 is 1.60 bits per heavy atom. The van der Waals surface area contributed by atoms with Crippen LogP contribution in [0.3, 0.4) is 0 Å². The predicted octanol–water partition coefficient (Wildman–Crippen LogP) is 2.77. The van der Waals surface area contributed by atoms with E-state index in [-0.39, 0.29) is 11.5 Å². The maximum Gasteiger partial charge on any atom is 0.404 e. The first-order chi connectivity index (χ1) is 4.52. The molecule has 2 atom stereocenters. The summed E-state index contributed by atoms with van der Waals surface area (Å²) in [7, 11) is 0. The molecule has 0 aliphatic rings. The van der Waals surface area contributed by atoms with Crippen molar-refractivity contribution >= 4 is 28.6 Å². The van der Waals surface area contributed by atoms with Gasteiger partial charge < -0.3 is 4.74 Å². The van der Waals surface area contributed by atoms with E-state index in [1.54, 1.807) is 6.92 Å². The van der Waals surface area contributed by atoms with E-state index in [4.69, 9.17) is 23.2 Å². The van der Waals surface area contributed by atoms with E-state index in [1.807, 2.05) is 6.92 Å². The number of halogens is 2. The highest BCUT2D eigenvalue weighted by atomic mass is 35.5. The summed E-state index contributed by atoms with van der Waals surface area (Å²) in [6.07, 6.45) is 0.428. The molecule has 2 unspecified atom stereocenters. The lowest BCUT2D eigenvalue weighted by Crippen LogP contribution is -2.13. The Kier molecular flexibility index (Phi) is 4.83. The predicted molar refractivity (Wildman–Crippen MR) is 41.7 cm³/mol. The number of hydrogen-bond donors (Lipinski definition) is 0. The van der Waals surface area contributed by atoms with E-state index in [2.05, 4.69) is 4.74 Å². The molecule has 60 valence electrons. The fraction of sp³-hybridized carbons (Fsp3) is 0.833. The molecule has 0 bridgehead atoms. The van der Waals surface area contributed by atoms with E-state index < -0.39 is 5.43 Å². The van der Waals surface area contributed by atoms with Gasteiger partial charge in [-0.05, 0) is 13.8 Å². The molecule has 10 heavy (non-hydrogen) atoms. The molecule has 0 N–H and O–H groups in total. The van der Waals surface area contributed by atoms with Crippen molar-refractivity contribution in [2.75, 3.05) is 0 Å². The molecule has 0 aliphatic carbocycles. The first-order valence-corrected chi connectivity index (χ1v) is 3.84. The van der Waals surface area contributed by atoms with Gasteiger partial charge in [-0.2, -0.15) is 0 Å². The molecule has 0 radical (unpaired) electrons. The van der Waals surface area contributed by atoms with E-state index in [0.29, 0.717) is 6.42 Å². The average molecular weight is 185 g/mol. The molecule has 2 nitrogen and oxygen atoms in total. The van der Waals surface area contributed by atoms with Crippen LogP contribution in [0.25, 0.3) is 0 Å². The van der Waals surface area contributed by atoms with Crippen LogP contribution < -0.4 is 0 Å².